The summed E-state index contributed by atoms with van der Waals surface area (Å²) in [6.45, 7) is 10.8. The van der Waals surface area contributed by atoms with E-state index in [0.717, 1.165) is 38.4 Å². The molecule has 1 aliphatic heterocycles. The third-order valence-corrected chi connectivity index (χ3v) is 6.16. The fourth-order valence-corrected chi connectivity index (χ4v) is 4.72. The summed E-state index contributed by atoms with van der Waals surface area (Å²) in [7, 11) is 0. The lowest BCUT2D eigenvalue weighted by Crippen LogP contribution is -3.24. The van der Waals surface area contributed by atoms with E-state index in [0.29, 0.717) is 17.3 Å². The normalized spacial score (nSPS) is 45.8. The van der Waals surface area contributed by atoms with Crippen LogP contribution in [-0.2, 0) is 4.74 Å². The molecule has 0 aromatic heterocycles. The summed E-state index contributed by atoms with van der Waals surface area (Å²) in [5.74, 6) is 1.35. The molecule has 0 aromatic rings. The van der Waals surface area contributed by atoms with E-state index in [1.54, 1.807) is 4.90 Å². The molecule has 0 aromatic carbocycles. The number of nitrogens with one attached hydrogen (secondary N) is 1. The summed E-state index contributed by atoms with van der Waals surface area (Å²) in [5, 5.41) is 13.1. The molecule has 4 nitrogen and oxygen atoms in total. The highest BCUT2D eigenvalue weighted by molar-refractivity contribution is 5.94. The Kier molecular flexibility index (Phi) is 2.72. The fourth-order valence-electron chi connectivity index (χ4n) is 4.72. The average Bonchev–Trinajstić information content (AvgIpc) is 2.39. The van der Waals surface area contributed by atoms with E-state index in [4.69, 9.17) is 4.74 Å². The van der Waals surface area contributed by atoms with Gasteiger partial charge in [-0.1, -0.05) is 19.0 Å². The van der Waals surface area contributed by atoms with E-state index in [2.05, 4.69) is 25.9 Å². The van der Waals surface area contributed by atoms with E-state index < -0.39 is 0 Å². The third kappa shape index (κ3) is 1.42. The molecule has 4 aliphatic rings. The zero-order valence-corrected chi connectivity index (χ0v) is 11.7. The van der Waals surface area contributed by atoms with Gasteiger partial charge in [0.15, 0.2) is 0 Å². The van der Waals surface area contributed by atoms with E-state index in [9.17, 15) is 5.21 Å². The Morgan fingerprint density at radius 2 is 1.94 bits per heavy atom. The van der Waals surface area contributed by atoms with Gasteiger partial charge in [0.25, 0.3) is 0 Å². The number of quaternary nitrogens is 1. The first-order valence-corrected chi connectivity index (χ1v) is 7.15. The van der Waals surface area contributed by atoms with Crippen molar-refractivity contribution in [2.45, 2.75) is 39.2 Å². The highest BCUT2D eigenvalue weighted by Gasteiger charge is 2.66. The molecule has 1 saturated heterocycles. The van der Waals surface area contributed by atoms with Gasteiger partial charge in [0.05, 0.1) is 13.2 Å². The SMILES string of the molecule is CC1(C)[C@H]2C/C(=N/O)[C@](C)([NH+]3CCOCC3)[C@@H]1C2. The smallest absolute Gasteiger partial charge is 0.140 e. The number of morpholine rings is 1. The molecule has 0 amide bonds. The number of oxime groups is 1. The van der Waals surface area contributed by atoms with Crippen LogP contribution in [-0.4, -0.2) is 42.8 Å². The monoisotopic (exact) mass is 253 g/mol. The van der Waals surface area contributed by atoms with Crippen molar-refractivity contribution in [2.24, 2.45) is 22.4 Å². The summed E-state index contributed by atoms with van der Waals surface area (Å²) in [5.41, 5.74) is 1.44. The standard InChI is InChI=1S/C14H24N2O2/c1-13(2)10-8-11(13)14(3,12(9-10)15-17)16-4-6-18-7-5-16/h10-11,17H,4-9H2,1-3H3/p+1/b15-12-/t10-,11-,14-/m1/s1. The molecule has 0 unspecified atom stereocenters. The molecule has 0 radical (unpaired) electrons. The lowest BCUT2D eigenvalue weighted by Gasteiger charge is -2.64. The first-order valence-electron chi connectivity index (χ1n) is 7.15. The highest BCUT2D eigenvalue weighted by Crippen LogP contribution is 2.60. The minimum Gasteiger partial charge on any atom is -0.411 e. The molecule has 2 N–H and O–H groups in total. The van der Waals surface area contributed by atoms with Crippen molar-refractivity contribution in [2.75, 3.05) is 26.3 Å². The van der Waals surface area contributed by atoms with E-state index in [1.165, 1.54) is 6.42 Å². The van der Waals surface area contributed by atoms with Gasteiger partial charge in [0.1, 0.15) is 24.3 Å². The van der Waals surface area contributed by atoms with Crippen LogP contribution in [0.3, 0.4) is 0 Å². The predicted octanol–water partition coefficient (Wildman–Crippen LogP) is 0.556. The maximum atomic E-state index is 9.41. The van der Waals surface area contributed by atoms with Crippen LogP contribution in [0.4, 0.5) is 0 Å². The number of hydrogen-bond acceptors (Lipinski definition) is 3. The van der Waals surface area contributed by atoms with Crippen LogP contribution < -0.4 is 4.90 Å². The van der Waals surface area contributed by atoms with Crippen molar-refractivity contribution < 1.29 is 14.8 Å². The second-order valence-corrected chi connectivity index (χ2v) is 6.98. The summed E-state index contributed by atoms with van der Waals surface area (Å²) >= 11 is 0. The van der Waals surface area contributed by atoms with E-state index >= 15 is 0 Å². The number of fused-ring (bicyclic) bond motifs is 2. The van der Waals surface area contributed by atoms with Gasteiger partial charge >= 0.3 is 0 Å². The Balaban J connectivity index is 1.94. The Hall–Kier alpha value is -0.610. The molecule has 2 bridgehead atoms. The van der Waals surface area contributed by atoms with Crippen LogP contribution in [0.15, 0.2) is 5.16 Å². The van der Waals surface area contributed by atoms with Crippen molar-refractivity contribution in [3.05, 3.63) is 0 Å². The van der Waals surface area contributed by atoms with Gasteiger partial charge in [0.2, 0.25) is 0 Å². The molecule has 1 heterocycles. The van der Waals surface area contributed by atoms with Crippen LogP contribution in [0, 0.1) is 17.3 Å². The van der Waals surface area contributed by atoms with Crippen LogP contribution in [0.1, 0.15) is 33.6 Å². The van der Waals surface area contributed by atoms with Crippen molar-refractivity contribution in [1.82, 2.24) is 0 Å². The zero-order valence-electron chi connectivity index (χ0n) is 11.7. The van der Waals surface area contributed by atoms with Crippen LogP contribution in [0.5, 0.6) is 0 Å². The highest BCUT2D eigenvalue weighted by atomic mass is 16.5. The van der Waals surface area contributed by atoms with Crippen molar-refractivity contribution in [3.8, 4) is 0 Å². The van der Waals surface area contributed by atoms with Gasteiger partial charge in [-0.25, -0.2) is 0 Å². The number of rotatable bonds is 1. The predicted molar refractivity (Wildman–Crippen MR) is 69.1 cm³/mol. The van der Waals surface area contributed by atoms with Crippen molar-refractivity contribution in [1.29, 1.82) is 0 Å². The topological polar surface area (TPSA) is 46.3 Å². The molecular weight excluding hydrogens is 228 g/mol. The molecule has 4 fully saturated rings. The molecule has 4 heteroatoms. The van der Waals surface area contributed by atoms with Gasteiger partial charge in [-0.05, 0) is 31.1 Å². The van der Waals surface area contributed by atoms with E-state index in [1.807, 2.05) is 0 Å². The number of hydrogen-bond donors (Lipinski definition) is 2. The van der Waals surface area contributed by atoms with E-state index in [-0.39, 0.29) is 5.54 Å². The molecular formula is C14H25N2O2+. The van der Waals surface area contributed by atoms with Crippen LogP contribution in [0.2, 0.25) is 0 Å². The molecule has 0 spiro atoms. The van der Waals surface area contributed by atoms with Gasteiger partial charge < -0.3 is 14.8 Å². The molecule has 3 saturated carbocycles. The summed E-state index contributed by atoms with van der Waals surface area (Å²) in [6, 6.07) is 0. The maximum Gasteiger partial charge on any atom is 0.140 e. The number of ether oxygens (including phenoxy) is 1. The first kappa shape index (κ1) is 12.4. The lowest BCUT2D eigenvalue weighted by molar-refractivity contribution is -0.953. The van der Waals surface area contributed by atoms with Gasteiger partial charge in [-0.15, -0.1) is 0 Å². The quantitative estimate of drug-likeness (QED) is 0.530. The fraction of sp³-hybridized carbons (Fsp3) is 0.929. The minimum atomic E-state index is 0.0107. The maximum absolute atomic E-state index is 9.41. The summed E-state index contributed by atoms with van der Waals surface area (Å²) < 4.78 is 5.48. The summed E-state index contributed by atoms with van der Waals surface area (Å²) in [4.78, 5) is 1.55. The first-order chi connectivity index (χ1) is 8.51. The number of nitrogens with zero attached hydrogens (tertiary/aromatic N) is 1. The Morgan fingerprint density at radius 3 is 2.50 bits per heavy atom. The molecule has 3 atom stereocenters. The van der Waals surface area contributed by atoms with Crippen LogP contribution in [0.25, 0.3) is 0 Å². The van der Waals surface area contributed by atoms with Crippen LogP contribution >= 0.6 is 0 Å². The van der Waals surface area contributed by atoms with Gasteiger partial charge in [0, 0.05) is 5.92 Å². The van der Waals surface area contributed by atoms with Crippen molar-refractivity contribution >= 4 is 5.71 Å². The molecule has 4 rings (SSSR count). The molecule has 3 aliphatic carbocycles. The summed E-state index contributed by atoms with van der Waals surface area (Å²) in [6.07, 6.45) is 2.27. The Bertz CT molecular complexity index is 374. The minimum absolute atomic E-state index is 0.0107. The largest absolute Gasteiger partial charge is 0.411 e. The second-order valence-electron chi connectivity index (χ2n) is 6.98. The second kappa shape index (κ2) is 3.94. The average molecular weight is 253 g/mol. The lowest BCUT2D eigenvalue weighted by atomic mass is 9.42. The molecule has 102 valence electrons. The van der Waals surface area contributed by atoms with Gasteiger partial charge in [-0.2, -0.15) is 0 Å². The van der Waals surface area contributed by atoms with Gasteiger partial charge in [-0.3, -0.25) is 0 Å². The third-order valence-electron chi connectivity index (χ3n) is 6.16. The Morgan fingerprint density at radius 1 is 1.28 bits per heavy atom. The Labute approximate surface area is 109 Å². The molecule has 18 heavy (non-hydrogen) atoms. The van der Waals surface area contributed by atoms with Crippen molar-refractivity contribution in [3.63, 3.8) is 0 Å². The zero-order chi connectivity index (χ0) is 13.0.